The van der Waals surface area contributed by atoms with Crippen LogP contribution in [0.3, 0.4) is 0 Å². The molecule has 0 spiro atoms. The van der Waals surface area contributed by atoms with Crippen molar-refractivity contribution >= 4 is 64.0 Å². The lowest BCUT2D eigenvalue weighted by molar-refractivity contribution is 0.0967. The van der Waals surface area contributed by atoms with Crippen LogP contribution in [0, 0.1) is 0 Å². The minimum Gasteiger partial charge on any atom is -0.308 e. The molecule has 2 unspecified atom stereocenters. The molecule has 0 radical (unpaired) electrons. The van der Waals surface area contributed by atoms with E-state index in [9.17, 15) is 9.59 Å². The van der Waals surface area contributed by atoms with Crippen molar-refractivity contribution in [3.8, 4) is 0 Å². The number of halogens is 4. The minimum atomic E-state index is -0.689. The number of hydrogen-bond donors (Lipinski definition) is 2. The summed E-state index contributed by atoms with van der Waals surface area (Å²) in [6, 6.07) is 11.1. The van der Waals surface area contributed by atoms with Gasteiger partial charge in [-0.1, -0.05) is 41.4 Å². The van der Waals surface area contributed by atoms with Crippen molar-refractivity contribution in [3.63, 3.8) is 0 Å². The third kappa shape index (κ3) is 4.04. The van der Waals surface area contributed by atoms with E-state index < -0.39 is 11.9 Å². The first kappa shape index (κ1) is 18.3. The molecule has 1 saturated carbocycles. The van der Waals surface area contributed by atoms with Gasteiger partial charge in [-0.25, -0.2) is 4.79 Å². The number of imide groups is 1. The molecule has 2 aromatic rings. The predicted molar refractivity (Wildman–Crippen MR) is 101 cm³/mol. The van der Waals surface area contributed by atoms with Gasteiger partial charge >= 0.3 is 6.03 Å². The van der Waals surface area contributed by atoms with Crippen molar-refractivity contribution in [3.05, 3.63) is 63.6 Å². The monoisotopic (exact) mass is 416 g/mol. The van der Waals surface area contributed by atoms with Crippen molar-refractivity contribution in [2.24, 2.45) is 0 Å². The fourth-order valence-corrected chi connectivity index (χ4v) is 3.83. The van der Waals surface area contributed by atoms with E-state index in [1.165, 1.54) is 12.1 Å². The lowest BCUT2D eigenvalue weighted by atomic mass is 10.1. The molecule has 4 nitrogen and oxygen atoms in total. The molecule has 2 N–H and O–H groups in total. The highest BCUT2D eigenvalue weighted by Crippen LogP contribution is 2.49. The molecule has 1 aliphatic rings. The van der Waals surface area contributed by atoms with E-state index >= 15 is 0 Å². The highest BCUT2D eigenvalue weighted by atomic mass is 35.5. The first-order valence-electron chi connectivity index (χ1n) is 7.33. The number of urea groups is 1. The molecule has 130 valence electrons. The molecular formula is C17H12Cl4N2O2. The van der Waals surface area contributed by atoms with Crippen LogP contribution in [0.25, 0.3) is 0 Å². The van der Waals surface area contributed by atoms with E-state index in [1.54, 1.807) is 18.2 Å². The first-order chi connectivity index (χ1) is 11.9. The van der Waals surface area contributed by atoms with Crippen LogP contribution in [0.5, 0.6) is 0 Å². The molecule has 8 heteroatoms. The van der Waals surface area contributed by atoms with Crippen LogP contribution in [-0.2, 0) is 0 Å². The molecular weight excluding hydrogens is 406 g/mol. The molecule has 2 aromatic carbocycles. The molecule has 0 bridgehead atoms. The Labute approximate surface area is 164 Å². The van der Waals surface area contributed by atoms with E-state index in [-0.39, 0.29) is 32.3 Å². The fourth-order valence-electron chi connectivity index (χ4n) is 2.44. The number of carbonyl (C=O) groups is 2. The third-order valence-corrected chi connectivity index (χ3v) is 5.66. The SMILES string of the molecule is O=C(NC(=O)c1c(Cl)cccc1Cl)Nc1ccc(C2C(Cl)C2Cl)cc1. The van der Waals surface area contributed by atoms with E-state index in [0.29, 0.717) is 5.69 Å². The van der Waals surface area contributed by atoms with Crippen molar-refractivity contribution < 1.29 is 9.59 Å². The van der Waals surface area contributed by atoms with Gasteiger partial charge in [-0.2, -0.15) is 0 Å². The van der Waals surface area contributed by atoms with Gasteiger partial charge in [0.25, 0.3) is 5.91 Å². The summed E-state index contributed by atoms with van der Waals surface area (Å²) in [6.07, 6.45) is 0. The minimum absolute atomic E-state index is 0.0476. The van der Waals surface area contributed by atoms with E-state index in [2.05, 4.69) is 10.6 Å². The Morgan fingerprint density at radius 3 is 1.96 bits per heavy atom. The van der Waals surface area contributed by atoms with Crippen LogP contribution >= 0.6 is 46.4 Å². The summed E-state index contributed by atoms with van der Waals surface area (Å²) in [5.74, 6) is -0.562. The number of alkyl halides is 2. The average molecular weight is 418 g/mol. The Morgan fingerprint density at radius 2 is 1.44 bits per heavy atom. The zero-order valence-corrected chi connectivity index (χ0v) is 15.6. The summed E-state index contributed by atoms with van der Waals surface area (Å²) in [6.45, 7) is 0. The van der Waals surface area contributed by atoms with Crippen LogP contribution < -0.4 is 10.6 Å². The van der Waals surface area contributed by atoms with Gasteiger partial charge in [0.1, 0.15) is 0 Å². The largest absolute Gasteiger partial charge is 0.326 e. The maximum atomic E-state index is 12.1. The quantitative estimate of drug-likeness (QED) is 0.668. The van der Waals surface area contributed by atoms with E-state index in [4.69, 9.17) is 46.4 Å². The van der Waals surface area contributed by atoms with Gasteiger partial charge in [-0.3, -0.25) is 10.1 Å². The number of amides is 3. The molecule has 3 rings (SSSR count). The lowest BCUT2D eigenvalue weighted by Gasteiger charge is -2.09. The van der Waals surface area contributed by atoms with Gasteiger partial charge in [0.15, 0.2) is 0 Å². The molecule has 1 fully saturated rings. The first-order valence-corrected chi connectivity index (χ1v) is 8.96. The van der Waals surface area contributed by atoms with Gasteiger partial charge in [0, 0.05) is 11.6 Å². The van der Waals surface area contributed by atoms with Crippen LogP contribution in [0.2, 0.25) is 10.0 Å². The third-order valence-electron chi connectivity index (χ3n) is 3.82. The Balaban J connectivity index is 1.62. The number of hydrogen-bond acceptors (Lipinski definition) is 2. The topological polar surface area (TPSA) is 58.2 Å². The zero-order valence-electron chi connectivity index (χ0n) is 12.6. The molecule has 25 heavy (non-hydrogen) atoms. The molecule has 0 aromatic heterocycles. The van der Waals surface area contributed by atoms with Gasteiger partial charge in [0.05, 0.1) is 26.4 Å². The van der Waals surface area contributed by atoms with E-state index in [0.717, 1.165) is 5.56 Å². The summed E-state index contributed by atoms with van der Waals surface area (Å²) in [5, 5.41) is 4.95. The Morgan fingerprint density at radius 1 is 0.880 bits per heavy atom. The van der Waals surface area contributed by atoms with Crippen LogP contribution in [-0.4, -0.2) is 22.7 Å². The van der Waals surface area contributed by atoms with Crippen molar-refractivity contribution in [2.75, 3.05) is 5.32 Å². The fraction of sp³-hybridized carbons (Fsp3) is 0.176. The molecule has 3 amide bonds. The van der Waals surface area contributed by atoms with Crippen molar-refractivity contribution in [2.45, 2.75) is 16.7 Å². The average Bonchev–Trinajstić information content (AvgIpc) is 3.14. The highest BCUT2D eigenvalue weighted by molar-refractivity contribution is 6.40. The van der Waals surface area contributed by atoms with Gasteiger partial charge in [-0.05, 0) is 29.8 Å². The van der Waals surface area contributed by atoms with Gasteiger partial charge in [-0.15, -0.1) is 23.2 Å². The highest BCUT2D eigenvalue weighted by Gasteiger charge is 2.48. The lowest BCUT2D eigenvalue weighted by Crippen LogP contribution is -2.34. The van der Waals surface area contributed by atoms with Crippen LogP contribution in [0.4, 0.5) is 10.5 Å². The van der Waals surface area contributed by atoms with Crippen molar-refractivity contribution in [1.29, 1.82) is 0 Å². The Bertz CT molecular complexity index is 798. The summed E-state index contributed by atoms with van der Waals surface area (Å²) >= 11 is 24.0. The van der Waals surface area contributed by atoms with Gasteiger partial charge < -0.3 is 5.32 Å². The smallest absolute Gasteiger partial charge is 0.308 e. The Kier molecular flexibility index (Phi) is 5.44. The standard InChI is InChI=1S/C17H12Cl4N2O2/c18-10-2-1-3-11(19)13(10)16(24)23-17(25)22-9-6-4-8(5-7-9)12-14(20)15(12)21/h1-7,12,14-15H,(H2,22,23,24,25). The number of benzene rings is 2. The predicted octanol–water partition coefficient (Wildman–Crippen LogP) is 5.27. The zero-order chi connectivity index (χ0) is 18.1. The number of carbonyl (C=O) groups excluding carboxylic acids is 2. The molecule has 2 atom stereocenters. The van der Waals surface area contributed by atoms with Crippen molar-refractivity contribution in [1.82, 2.24) is 5.32 Å². The summed E-state index contributed by atoms with van der Waals surface area (Å²) < 4.78 is 0. The van der Waals surface area contributed by atoms with Crippen LogP contribution in [0.1, 0.15) is 21.8 Å². The summed E-state index contributed by atoms with van der Waals surface area (Å²) in [7, 11) is 0. The van der Waals surface area contributed by atoms with E-state index in [1.807, 2.05) is 12.1 Å². The maximum absolute atomic E-state index is 12.1. The normalized spacial score (nSPS) is 21.5. The van der Waals surface area contributed by atoms with Crippen LogP contribution in [0.15, 0.2) is 42.5 Å². The second kappa shape index (κ2) is 7.42. The van der Waals surface area contributed by atoms with Gasteiger partial charge in [0.2, 0.25) is 0 Å². The molecule has 1 aliphatic carbocycles. The molecule has 0 saturated heterocycles. The Hall–Kier alpha value is -1.46. The maximum Gasteiger partial charge on any atom is 0.326 e. The second-order valence-corrected chi connectivity index (χ2v) is 7.36. The molecule has 0 heterocycles. The summed E-state index contributed by atoms with van der Waals surface area (Å²) in [4.78, 5) is 24.1. The second-order valence-electron chi connectivity index (χ2n) is 5.54. The number of nitrogens with one attached hydrogen (secondary N) is 2. The molecule has 0 aliphatic heterocycles. The number of rotatable bonds is 3. The summed E-state index contributed by atoms with van der Waals surface area (Å²) in [5.41, 5.74) is 1.58. The number of anilines is 1.